The first-order valence-electron chi connectivity index (χ1n) is 4.79. The maximum absolute atomic E-state index is 11.6. The predicted octanol–water partition coefficient (Wildman–Crippen LogP) is -0.140. The number of nitrogens with two attached hydrogens (primary N) is 1. The van der Waals surface area contributed by atoms with Gasteiger partial charge in [0.05, 0.1) is 17.6 Å². The van der Waals surface area contributed by atoms with Gasteiger partial charge in [-0.3, -0.25) is 4.79 Å². The summed E-state index contributed by atoms with van der Waals surface area (Å²) in [4.78, 5) is 11.6. The number of furan rings is 1. The molecule has 1 aromatic heterocycles. The minimum absolute atomic E-state index is 0.00794. The van der Waals surface area contributed by atoms with Gasteiger partial charge in [-0.2, -0.15) is 0 Å². The Morgan fingerprint density at radius 2 is 2.25 bits per heavy atom. The van der Waals surface area contributed by atoms with E-state index in [-0.39, 0.29) is 18.2 Å². The van der Waals surface area contributed by atoms with Gasteiger partial charge in [0.15, 0.2) is 0 Å². The largest absolute Gasteiger partial charge is 0.469 e. The lowest BCUT2D eigenvalue weighted by Gasteiger charge is -2.03. The molecule has 1 aromatic rings. The molecule has 3 N–H and O–H groups in total. The molecule has 0 bridgehead atoms. The Kier molecular flexibility index (Phi) is 4.08. The first-order chi connectivity index (χ1) is 7.44. The summed E-state index contributed by atoms with van der Waals surface area (Å²) in [6.07, 6.45) is 2.03. The molecule has 0 aliphatic heterocycles. The molecule has 1 rings (SSSR count). The Morgan fingerprint density at radius 3 is 2.81 bits per heavy atom. The van der Waals surface area contributed by atoms with Crippen molar-refractivity contribution >= 4 is 15.9 Å². The van der Waals surface area contributed by atoms with E-state index in [9.17, 15) is 13.2 Å². The molecule has 1 amide bonds. The summed E-state index contributed by atoms with van der Waals surface area (Å²) >= 11 is 0. The third-order valence-electron chi connectivity index (χ3n) is 1.98. The van der Waals surface area contributed by atoms with Gasteiger partial charge in [-0.15, -0.1) is 0 Å². The van der Waals surface area contributed by atoms with Gasteiger partial charge in [-0.1, -0.05) is 6.92 Å². The number of carbonyl (C=O) groups is 1. The Hall–Kier alpha value is -1.34. The summed E-state index contributed by atoms with van der Waals surface area (Å²) in [6.45, 7) is 1.85. The highest BCUT2D eigenvalue weighted by molar-refractivity contribution is 7.89. The van der Waals surface area contributed by atoms with Crippen LogP contribution in [-0.2, 0) is 16.4 Å². The highest BCUT2D eigenvalue weighted by Crippen LogP contribution is 2.10. The van der Waals surface area contributed by atoms with E-state index in [4.69, 9.17) is 9.56 Å². The zero-order valence-electron chi connectivity index (χ0n) is 8.89. The summed E-state index contributed by atoms with van der Waals surface area (Å²) in [5.74, 6) is -0.0553. The monoisotopic (exact) mass is 246 g/mol. The number of sulfonamides is 1. The van der Waals surface area contributed by atoms with Crippen LogP contribution in [0.1, 0.15) is 23.0 Å². The molecule has 0 spiro atoms. The van der Waals surface area contributed by atoms with Crippen LogP contribution >= 0.6 is 0 Å². The summed E-state index contributed by atoms with van der Waals surface area (Å²) < 4.78 is 26.3. The van der Waals surface area contributed by atoms with E-state index in [1.54, 1.807) is 6.07 Å². The SMILES string of the molecule is CCc1occc1C(=O)NCCS(N)(=O)=O. The van der Waals surface area contributed by atoms with Crippen molar-refractivity contribution in [3.05, 3.63) is 23.7 Å². The van der Waals surface area contributed by atoms with Gasteiger partial charge >= 0.3 is 0 Å². The van der Waals surface area contributed by atoms with Gasteiger partial charge in [0.2, 0.25) is 10.0 Å². The first kappa shape index (κ1) is 12.7. The van der Waals surface area contributed by atoms with E-state index in [1.807, 2.05) is 6.92 Å². The van der Waals surface area contributed by atoms with Crippen molar-refractivity contribution in [2.75, 3.05) is 12.3 Å². The number of amides is 1. The van der Waals surface area contributed by atoms with Crippen molar-refractivity contribution in [3.8, 4) is 0 Å². The van der Waals surface area contributed by atoms with Crippen LogP contribution < -0.4 is 10.5 Å². The van der Waals surface area contributed by atoms with E-state index >= 15 is 0 Å². The maximum atomic E-state index is 11.6. The number of aryl methyl sites for hydroxylation is 1. The second-order valence-corrected chi connectivity index (χ2v) is 4.97. The van der Waals surface area contributed by atoms with Crippen LogP contribution in [0.2, 0.25) is 0 Å². The number of nitrogens with one attached hydrogen (secondary N) is 1. The van der Waals surface area contributed by atoms with Gasteiger partial charge < -0.3 is 9.73 Å². The van der Waals surface area contributed by atoms with Crippen molar-refractivity contribution < 1.29 is 17.6 Å². The molecule has 90 valence electrons. The number of carbonyl (C=O) groups excluding carboxylic acids is 1. The Morgan fingerprint density at radius 1 is 1.56 bits per heavy atom. The molecule has 6 nitrogen and oxygen atoms in total. The maximum Gasteiger partial charge on any atom is 0.254 e. The smallest absolute Gasteiger partial charge is 0.254 e. The summed E-state index contributed by atoms with van der Waals surface area (Å²) in [6, 6.07) is 1.55. The van der Waals surface area contributed by atoms with Gasteiger partial charge in [-0.25, -0.2) is 13.6 Å². The standard InChI is InChI=1S/C9H14N2O4S/c1-2-8-7(3-5-15-8)9(12)11-4-6-16(10,13)14/h3,5H,2,4,6H2,1H3,(H,11,12)(H2,10,13,14). The highest BCUT2D eigenvalue weighted by Gasteiger charge is 2.13. The highest BCUT2D eigenvalue weighted by atomic mass is 32.2. The third kappa shape index (κ3) is 3.67. The molecule has 0 radical (unpaired) electrons. The number of hydrogen-bond acceptors (Lipinski definition) is 4. The van der Waals surface area contributed by atoms with E-state index in [2.05, 4.69) is 5.32 Å². The lowest BCUT2D eigenvalue weighted by Crippen LogP contribution is -2.31. The van der Waals surface area contributed by atoms with Gasteiger partial charge in [0.1, 0.15) is 5.76 Å². The van der Waals surface area contributed by atoms with Gasteiger partial charge in [0.25, 0.3) is 5.91 Å². The molecule has 7 heteroatoms. The topological polar surface area (TPSA) is 102 Å². The van der Waals surface area contributed by atoms with Crippen LogP contribution in [0.3, 0.4) is 0 Å². The van der Waals surface area contributed by atoms with Crippen LogP contribution in [-0.4, -0.2) is 26.6 Å². The summed E-state index contributed by atoms with van der Waals surface area (Å²) in [5.41, 5.74) is 0.428. The average molecular weight is 246 g/mol. The van der Waals surface area contributed by atoms with E-state index < -0.39 is 10.0 Å². The lowest BCUT2D eigenvalue weighted by molar-refractivity contribution is 0.0954. The van der Waals surface area contributed by atoms with Crippen molar-refractivity contribution in [1.29, 1.82) is 0 Å². The molecule has 1 heterocycles. The quantitative estimate of drug-likeness (QED) is 0.754. The van der Waals surface area contributed by atoms with Gasteiger partial charge in [-0.05, 0) is 6.07 Å². The minimum atomic E-state index is -3.54. The number of rotatable bonds is 5. The molecule has 0 aliphatic carbocycles. The molecular weight excluding hydrogens is 232 g/mol. The fourth-order valence-electron chi connectivity index (χ4n) is 1.22. The van der Waals surface area contributed by atoms with Crippen molar-refractivity contribution in [3.63, 3.8) is 0 Å². The molecule has 0 saturated heterocycles. The number of hydrogen-bond donors (Lipinski definition) is 2. The fraction of sp³-hybridized carbons (Fsp3) is 0.444. The van der Waals surface area contributed by atoms with E-state index in [0.29, 0.717) is 17.7 Å². The molecule has 0 unspecified atom stereocenters. The second kappa shape index (κ2) is 5.13. The molecular formula is C9H14N2O4S. The van der Waals surface area contributed by atoms with Crippen LogP contribution in [0.4, 0.5) is 0 Å². The predicted molar refractivity (Wildman–Crippen MR) is 58.4 cm³/mol. The Balaban J connectivity index is 2.54. The molecule has 0 aromatic carbocycles. The molecule has 0 saturated carbocycles. The van der Waals surface area contributed by atoms with E-state index in [0.717, 1.165) is 0 Å². The van der Waals surface area contributed by atoms with Gasteiger partial charge in [0, 0.05) is 13.0 Å². The van der Waals surface area contributed by atoms with Crippen LogP contribution in [0.15, 0.2) is 16.7 Å². The van der Waals surface area contributed by atoms with E-state index in [1.165, 1.54) is 6.26 Å². The molecule has 0 aliphatic rings. The Labute approximate surface area is 93.9 Å². The third-order valence-corrected chi connectivity index (χ3v) is 2.76. The average Bonchev–Trinajstić information content (AvgIpc) is 2.63. The zero-order chi connectivity index (χ0) is 12.2. The molecule has 0 fully saturated rings. The zero-order valence-corrected chi connectivity index (χ0v) is 9.71. The van der Waals surface area contributed by atoms with Crippen LogP contribution in [0.5, 0.6) is 0 Å². The Bertz CT molecular complexity index is 464. The number of primary sulfonamides is 1. The van der Waals surface area contributed by atoms with Crippen LogP contribution in [0, 0.1) is 0 Å². The minimum Gasteiger partial charge on any atom is -0.469 e. The van der Waals surface area contributed by atoms with Crippen molar-refractivity contribution in [2.45, 2.75) is 13.3 Å². The van der Waals surface area contributed by atoms with Crippen molar-refractivity contribution in [1.82, 2.24) is 5.32 Å². The summed E-state index contributed by atoms with van der Waals surface area (Å²) in [5, 5.41) is 7.26. The lowest BCUT2D eigenvalue weighted by atomic mass is 10.2. The second-order valence-electron chi connectivity index (χ2n) is 3.23. The van der Waals surface area contributed by atoms with Crippen LogP contribution in [0.25, 0.3) is 0 Å². The first-order valence-corrected chi connectivity index (χ1v) is 6.50. The normalized spacial score (nSPS) is 11.4. The summed E-state index contributed by atoms with van der Waals surface area (Å²) in [7, 11) is -3.54. The fourth-order valence-corrected chi connectivity index (χ4v) is 1.61. The molecule has 0 atom stereocenters. The molecule has 16 heavy (non-hydrogen) atoms. The van der Waals surface area contributed by atoms with Crippen molar-refractivity contribution in [2.24, 2.45) is 5.14 Å².